The number of carbonyl (C=O) groups excluding carboxylic acids is 2. The molecule has 2 aliphatic heterocycles. The van der Waals surface area contributed by atoms with Gasteiger partial charge in [-0.2, -0.15) is 0 Å². The highest BCUT2D eigenvalue weighted by Gasteiger charge is 2.24. The second-order valence-corrected chi connectivity index (χ2v) is 6.82. The van der Waals surface area contributed by atoms with E-state index in [1.165, 1.54) is 0 Å². The fourth-order valence-electron chi connectivity index (χ4n) is 3.64. The Morgan fingerprint density at radius 1 is 1.19 bits per heavy atom. The van der Waals surface area contributed by atoms with Crippen molar-refractivity contribution >= 4 is 11.8 Å². The molecule has 4 rings (SSSR count). The van der Waals surface area contributed by atoms with E-state index in [0.29, 0.717) is 25.1 Å². The number of hydrogen-bond donors (Lipinski definition) is 1. The summed E-state index contributed by atoms with van der Waals surface area (Å²) in [5.74, 6) is 0.935. The summed E-state index contributed by atoms with van der Waals surface area (Å²) in [5.41, 5.74) is 2.63. The summed E-state index contributed by atoms with van der Waals surface area (Å²) in [6.07, 6.45) is 2.30. The highest BCUT2D eigenvalue weighted by Crippen LogP contribution is 2.31. The molecule has 1 atom stereocenters. The number of fused-ring (bicyclic) bond motifs is 1. The van der Waals surface area contributed by atoms with E-state index in [4.69, 9.17) is 4.74 Å². The van der Waals surface area contributed by atoms with Crippen LogP contribution in [0.25, 0.3) is 0 Å². The molecule has 1 N–H and O–H groups in total. The summed E-state index contributed by atoms with van der Waals surface area (Å²) in [4.78, 5) is 26.4. The molecule has 0 aromatic heterocycles. The Morgan fingerprint density at radius 3 is 2.92 bits per heavy atom. The van der Waals surface area contributed by atoms with Gasteiger partial charge in [0, 0.05) is 37.1 Å². The van der Waals surface area contributed by atoms with Crippen LogP contribution in [0.1, 0.15) is 46.8 Å². The van der Waals surface area contributed by atoms with Gasteiger partial charge in [-0.1, -0.05) is 30.3 Å². The molecule has 2 aliphatic rings. The monoisotopic (exact) mass is 350 g/mol. The average molecular weight is 350 g/mol. The van der Waals surface area contributed by atoms with E-state index in [1.54, 1.807) is 0 Å². The topological polar surface area (TPSA) is 58.6 Å². The first-order chi connectivity index (χ1) is 12.7. The van der Waals surface area contributed by atoms with Crippen LogP contribution in [-0.4, -0.2) is 29.9 Å². The number of para-hydroxylation sites is 1. The first-order valence-corrected chi connectivity index (χ1v) is 9.10. The van der Waals surface area contributed by atoms with Crippen LogP contribution < -0.4 is 10.1 Å². The SMILES string of the molecule is O=C(NC1CCOc2ccccc21)c1cccc(CN2CCCC2=O)c1. The van der Waals surface area contributed by atoms with Gasteiger partial charge in [0.15, 0.2) is 0 Å². The molecule has 134 valence electrons. The van der Waals surface area contributed by atoms with Crippen LogP contribution in [0.3, 0.4) is 0 Å². The van der Waals surface area contributed by atoms with E-state index in [0.717, 1.165) is 36.3 Å². The second-order valence-electron chi connectivity index (χ2n) is 6.82. The van der Waals surface area contributed by atoms with Crippen molar-refractivity contribution in [1.29, 1.82) is 0 Å². The third-order valence-corrected chi connectivity index (χ3v) is 5.00. The minimum atomic E-state index is -0.0960. The molecule has 1 saturated heterocycles. The summed E-state index contributed by atoms with van der Waals surface area (Å²) >= 11 is 0. The fraction of sp³-hybridized carbons (Fsp3) is 0.333. The molecule has 1 unspecified atom stereocenters. The van der Waals surface area contributed by atoms with Crippen molar-refractivity contribution in [2.45, 2.75) is 31.8 Å². The number of nitrogens with zero attached hydrogens (tertiary/aromatic N) is 1. The van der Waals surface area contributed by atoms with Crippen LogP contribution in [0.4, 0.5) is 0 Å². The normalized spacial score (nSPS) is 19.0. The third kappa shape index (κ3) is 3.43. The number of hydrogen-bond acceptors (Lipinski definition) is 3. The first-order valence-electron chi connectivity index (χ1n) is 9.10. The van der Waals surface area contributed by atoms with E-state index in [1.807, 2.05) is 53.4 Å². The summed E-state index contributed by atoms with van der Waals surface area (Å²) < 4.78 is 5.66. The number of likely N-dealkylation sites (tertiary alicyclic amines) is 1. The van der Waals surface area contributed by atoms with Gasteiger partial charge in [-0.05, 0) is 30.2 Å². The highest BCUT2D eigenvalue weighted by atomic mass is 16.5. The number of amides is 2. The molecule has 5 heteroatoms. The summed E-state index contributed by atoms with van der Waals surface area (Å²) in [5, 5.41) is 3.12. The van der Waals surface area contributed by atoms with Gasteiger partial charge in [-0.25, -0.2) is 0 Å². The Hall–Kier alpha value is -2.82. The molecular formula is C21H22N2O3. The summed E-state index contributed by atoms with van der Waals surface area (Å²) in [7, 11) is 0. The lowest BCUT2D eigenvalue weighted by Gasteiger charge is -2.26. The zero-order valence-electron chi connectivity index (χ0n) is 14.6. The van der Waals surface area contributed by atoms with Crippen LogP contribution in [0.2, 0.25) is 0 Å². The van der Waals surface area contributed by atoms with Gasteiger partial charge in [-0.3, -0.25) is 9.59 Å². The number of carbonyl (C=O) groups is 2. The van der Waals surface area contributed by atoms with Crippen molar-refractivity contribution < 1.29 is 14.3 Å². The van der Waals surface area contributed by atoms with Crippen LogP contribution in [0.5, 0.6) is 5.75 Å². The van der Waals surface area contributed by atoms with Crippen molar-refractivity contribution in [3.05, 3.63) is 65.2 Å². The van der Waals surface area contributed by atoms with E-state index in [9.17, 15) is 9.59 Å². The average Bonchev–Trinajstić information content (AvgIpc) is 3.07. The zero-order chi connectivity index (χ0) is 17.9. The minimum absolute atomic E-state index is 0.0451. The molecule has 2 aromatic rings. The van der Waals surface area contributed by atoms with Crippen molar-refractivity contribution in [3.8, 4) is 5.75 Å². The quantitative estimate of drug-likeness (QED) is 0.922. The van der Waals surface area contributed by atoms with Gasteiger partial charge in [0.2, 0.25) is 5.91 Å². The van der Waals surface area contributed by atoms with Gasteiger partial charge in [0.05, 0.1) is 12.6 Å². The Balaban J connectivity index is 1.47. The minimum Gasteiger partial charge on any atom is -0.493 e. The van der Waals surface area contributed by atoms with Crippen molar-refractivity contribution in [1.82, 2.24) is 10.2 Å². The molecular weight excluding hydrogens is 328 g/mol. The second kappa shape index (κ2) is 7.20. The molecule has 0 spiro atoms. The van der Waals surface area contributed by atoms with Crippen molar-refractivity contribution in [2.24, 2.45) is 0 Å². The Kier molecular flexibility index (Phi) is 4.61. The van der Waals surface area contributed by atoms with Crippen LogP contribution >= 0.6 is 0 Å². The smallest absolute Gasteiger partial charge is 0.251 e. The largest absolute Gasteiger partial charge is 0.493 e. The predicted octanol–water partition coefficient (Wildman–Crippen LogP) is 3.06. The lowest BCUT2D eigenvalue weighted by atomic mass is 10.00. The lowest BCUT2D eigenvalue weighted by Crippen LogP contribution is -2.32. The van der Waals surface area contributed by atoms with Crippen LogP contribution in [-0.2, 0) is 11.3 Å². The maximum absolute atomic E-state index is 12.7. The van der Waals surface area contributed by atoms with Crippen molar-refractivity contribution in [2.75, 3.05) is 13.2 Å². The molecule has 0 bridgehead atoms. The maximum Gasteiger partial charge on any atom is 0.251 e. The fourth-order valence-corrected chi connectivity index (χ4v) is 3.64. The molecule has 0 saturated carbocycles. The van der Waals surface area contributed by atoms with Gasteiger partial charge < -0.3 is 15.0 Å². The van der Waals surface area contributed by atoms with Gasteiger partial charge in [0.25, 0.3) is 5.91 Å². The number of benzene rings is 2. The number of nitrogens with one attached hydrogen (secondary N) is 1. The standard InChI is InChI=1S/C21H22N2O3/c24-20-9-4-11-23(20)14-15-5-3-6-16(13-15)21(25)22-18-10-12-26-19-8-2-1-7-17(18)19/h1-3,5-8,13,18H,4,9-12,14H2,(H,22,25). The molecule has 2 aromatic carbocycles. The van der Waals surface area contributed by atoms with Gasteiger partial charge in [0.1, 0.15) is 5.75 Å². The van der Waals surface area contributed by atoms with E-state index < -0.39 is 0 Å². The Morgan fingerprint density at radius 2 is 2.08 bits per heavy atom. The molecule has 0 aliphatic carbocycles. The molecule has 0 radical (unpaired) electrons. The van der Waals surface area contributed by atoms with Crippen LogP contribution in [0, 0.1) is 0 Å². The Bertz CT molecular complexity index is 834. The zero-order valence-corrected chi connectivity index (χ0v) is 14.6. The maximum atomic E-state index is 12.7. The molecule has 2 heterocycles. The third-order valence-electron chi connectivity index (χ3n) is 5.00. The molecule has 2 amide bonds. The van der Waals surface area contributed by atoms with Crippen molar-refractivity contribution in [3.63, 3.8) is 0 Å². The van der Waals surface area contributed by atoms with Gasteiger partial charge in [-0.15, -0.1) is 0 Å². The summed E-state index contributed by atoms with van der Waals surface area (Å²) in [6.45, 7) is 1.97. The van der Waals surface area contributed by atoms with Gasteiger partial charge >= 0.3 is 0 Å². The lowest BCUT2D eigenvalue weighted by molar-refractivity contribution is -0.128. The van der Waals surface area contributed by atoms with E-state index >= 15 is 0 Å². The van der Waals surface area contributed by atoms with Crippen LogP contribution in [0.15, 0.2) is 48.5 Å². The molecule has 26 heavy (non-hydrogen) atoms. The summed E-state index contributed by atoms with van der Waals surface area (Å²) in [6, 6.07) is 15.3. The van der Waals surface area contributed by atoms with E-state index in [-0.39, 0.29) is 17.9 Å². The number of ether oxygens (including phenoxy) is 1. The highest BCUT2D eigenvalue weighted by molar-refractivity contribution is 5.94. The molecule has 5 nitrogen and oxygen atoms in total. The first kappa shape index (κ1) is 16.6. The van der Waals surface area contributed by atoms with E-state index in [2.05, 4.69) is 5.32 Å². The Labute approximate surface area is 153 Å². The number of rotatable bonds is 4. The predicted molar refractivity (Wildman–Crippen MR) is 97.9 cm³/mol. The molecule has 1 fully saturated rings.